The summed E-state index contributed by atoms with van der Waals surface area (Å²) in [5.41, 5.74) is 5.68. The molecule has 0 aliphatic carbocycles. The fourth-order valence-corrected chi connectivity index (χ4v) is 3.71. The third-order valence-corrected chi connectivity index (χ3v) is 5.71. The largest absolute Gasteiger partial charge is 0.452 e. The lowest BCUT2D eigenvalue weighted by atomic mass is 9.90. The van der Waals surface area contributed by atoms with Gasteiger partial charge in [-0.15, -0.1) is 0 Å². The van der Waals surface area contributed by atoms with E-state index < -0.39 is 5.97 Å². The molecule has 1 aliphatic heterocycles. The minimum Gasteiger partial charge on any atom is -0.452 e. The molecule has 0 aromatic heterocycles. The van der Waals surface area contributed by atoms with Crippen molar-refractivity contribution in [3.63, 3.8) is 0 Å². The van der Waals surface area contributed by atoms with Gasteiger partial charge in [-0.3, -0.25) is 9.59 Å². The number of amides is 2. The number of likely N-dealkylation sites (tertiary alicyclic amines) is 1. The summed E-state index contributed by atoms with van der Waals surface area (Å²) in [5.74, 6) is -0.786. The minimum atomic E-state index is -0.458. The number of hydrogen-bond acceptors (Lipinski definition) is 4. The molecule has 1 aromatic carbocycles. The lowest BCUT2D eigenvalue weighted by molar-refractivity contribution is -0.136. The molecular weight excluding hydrogens is 344 g/mol. The van der Waals surface area contributed by atoms with Crippen LogP contribution in [0, 0.1) is 34.6 Å². The van der Waals surface area contributed by atoms with Gasteiger partial charge in [0.2, 0.25) is 5.91 Å². The summed E-state index contributed by atoms with van der Waals surface area (Å²) in [4.78, 5) is 38.0. The first-order valence-corrected chi connectivity index (χ1v) is 9.42. The standard InChI is InChI=1S/C21H30N2O4/c1-12-13(2)15(4)20(16(5)14(12)3)21(26)27-11-19(25)23-9-7-8-18(10-23)22-17(6)24/h18H,7-11H2,1-6H3,(H,22,24)/t18-/m1/s1. The molecule has 2 amide bonds. The third kappa shape index (κ3) is 4.67. The Bertz CT molecular complexity index is 741. The SMILES string of the molecule is CC(=O)N[C@@H]1CCCN(C(=O)COC(=O)c2c(C)c(C)c(C)c(C)c2C)C1. The average Bonchev–Trinajstić information content (AvgIpc) is 2.62. The number of esters is 1. The first-order valence-electron chi connectivity index (χ1n) is 9.42. The Morgan fingerprint density at radius 1 is 1.00 bits per heavy atom. The summed E-state index contributed by atoms with van der Waals surface area (Å²) >= 11 is 0. The molecule has 0 spiro atoms. The van der Waals surface area contributed by atoms with Gasteiger partial charge in [-0.05, 0) is 75.3 Å². The van der Waals surface area contributed by atoms with Crippen molar-refractivity contribution < 1.29 is 19.1 Å². The van der Waals surface area contributed by atoms with Crippen molar-refractivity contribution in [3.05, 3.63) is 33.4 Å². The Morgan fingerprint density at radius 3 is 2.11 bits per heavy atom. The van der Waals surface area contributed by atoms with E-state index in [2.05, 4.69) is 5.32 Å². The van der Waals surface area contributed by atoms with E-state index in [0.29, 0.717) is 18.7 Å². The van der Waals surface area contributed by atoms with E-state index in [0.717, 1.165) is 35.1 Å². The van der Waals surface area contributed by atoms with Crippen LogP contribution in [0.3, 0.4) is 0 Å². The summed E-state index contributed by atoms with van der Waals surface area (Å²) in [6, 6.07) is -0.0391. The number of carbonyl (C=O) groups is 3. The molecule has 0 unspecified atom stereocenters. The number of piperidine rings is 1. The summed E-state index contributed by atoms with van der Waals surface area (Å²) in [6.45, 7) is 12.1. The second-order valence-electron chi connectivity index (χ2n) is 7.46. The molecule has 6 heteroatoms. The molecule has 0 radical (unpaired) electrons. The molecule has 148 valence electrons. The van der Waals surface area contributed by atoms with Crippen LogP contribution >= 0.6 is 0 Å². The zero-order valence-corrected chi connectivity index (χ0v) is 17.2. The van der Waals surface area contributed by atoms with Crippen molar-refractivity contribution in [1.82, 2.24) is 10.2 Å². The quantitative estimate of drug-likeness (QED) is 0.822. The zero-order valence-electron chi connectivity index (χ0n) is 17.2. The van der Waals surface area contributed by atoms with E-state index in [9.17, 15) is 14.4 Å². The van der Waals surface area contributed by atoms with Gasteiger partial charge in [0.25, 0.3) is 5.91 Å². The van der Waals surface area contributed by atoms with Crippen molar-refractivity contribution in [1.29, 1.82) is 0 Å². The summed E-state index contributed by atoms with van der Waals surface area (Å²) in [6.07, 6.45) is 1.67. The zero-order chi connectivity index (χ0) is 20.3. The molecule has 27 heavy (non-hydrogen) atoms. The van der Waals surface area contributed by atoms with E-state index in [1.165, 1.54) is 12.5 Å². The molecule has 1 aliphatic rings. The van der Waals surface area contributed by atoms with E-state index in [-0.39, 0.29) is 24.5 Å². The molecule has 1 N–H and O–H groups in total. The highest BCUT2D eigenvalue weighted by Crippen LogP contribution is 2.26. The third-order valence-electron chi connectivity index (χ3n) is 5.71. The molecule has 0 saturated carbocycles. The van der Waals surface area contributed by atoms with Gasteiger partial charge in [0, 0.05) is 26.1 Å². The lowest BCUT2D eigenvalue weighted by Gasteiger charge is -2.32. The highest BCUT2D eigenvalue weighted by Gasteiger charge is 2.26. The van der Waals surface area contributed by atoms with Gasteiger partial charge >= 0.3 is 5.97 Å². The number of nitrogens with zero attached hydrogens (tertiary/aromatic N) is 1. The Labute approximate surface area is 161 Å². The molecule has 6 nitrogen and oxygen atoms in total. The predicted molar refractivity (Wildman–Crippen MR) is 104 cm³/mol. The normalized spacial score (nSPS) is 16.8. The molecule has 1 atom stereocenters. The highest BCUT2D eigenvalue weighted by molar-refractivity contribution is 5.95. The van der Waals surface area contributed by atoms with Gasteiger partial charge < -0.3 is 15.0 Å². The van der Waals surface area contributed by atoms with Crippen LogP contribution in [0.15, 0.2) is 0 Å². The first kappa shape index (κ1) is 20.9. The van der Waals surface area contributed by atoms with E-state index in [1.54, 1.807) is 4.90 Å². The van der Waals surface area contributed by atoms with Crippen molar-refractivity contribution in [2.75, 3.05) is 19.7 Å². The summed E-state index contributed by atoms with van der Waals surface area (Å²) < 4.78 is 5.35. The molecule has 0 bridgehead atoms. The molecular formula is C21H30N2O4. The van der Waals surface area contributed by atoms with Crippen LogP contribution in [0.2, 0.25) is 0 Å². The second-order valence-corrected chi connectivity index (χ2v) is 7.46. The Balaban J connectivity index is 2.04. The maximum Gasteiger partial charge on any atom is 0.339 e. The number of rotatable bonds is 4. The highest BCUT2D eigenvalue weighted by atomic mass is 16.5. The van der Waals surface area contributed by atoms with Gasteiger partial charge in [0.15, 0.2) is 6.61 Å². The van der Waals surface area contributed by atoms with Crippen molar-refractivity contribution in [2.24, 2.45) is 0 Å². The smallest absolute Gasteiger partial charge is 0.339 e. The Hall–Kier alpha value is -2.37. The summed E-state index contributed by atoms with van der Waals surface area (Å²) in [7, 11) is 0. The average molecular weight is 374 g/mol. The fourth-order valence-electron chi connectivity index (χ4n) is 3.71. The van der Waals surface area contributed by atoms with Gasteiger partial charge in [-0.25, -0.2) is 4.79 Å². The van der Waals surface area contributed by atoms with Crippen LogP contribution in [0.25, 0.3) is 0 Å². The molecule has 1 fully saturated rings. The van der Waals surface area contributed by atoms with Crippen LogP contribution in [0.5, 0.6) is 0 Å². The number of hydrogen-bond donors (Lipinski definition) is 1. The van der Waals surface area contributed by atoms with Crippen LogP contribution in [-0.2, 0) is 14.3 Å². The van der Waals surface area contributed by atoms with Crippen LogP contribution in [0.4, 0.5) is 0 Å². The maximum atomic E-state index is 12.6. The molecule has 1 heterocycles. The predicted octanol–water partition coefficient (Wildman–Crippen LogP) is 2.51. The lowest BCUT2D eigenvalue weighted by Crippen LogP contribution is -2.50. The molecule has 2 rings (SSSR count). The number of benzene rings is 1. The van der Waals surface area contributed by atoms with E-state index in [1.807, 2.05) is 34.6 Å². The van der Waals surface area contributed by atoms with Crippen molar-refractivity contribution in [3.8, 4) is 0 Å². The summed E-state index contributed by atoms with van der Waals surface area (Å²) in [5, 5.41) is 2.85. The monoisotopic (exact) mass is 374 g/mol. The molecule has 1 aromatic rings. The van der Waals surface area contributed by atoms with Gasteiger partial charge in [-0.2, -0.15) is 0 Å². The Kier molecular flexibility index (Phi) is 6.63. The fraction of sp³-hybridized carbons (Fsp3) is 0.571. The second kappa shape index (κ2) is 8.55. The number of carbonyl (C=O) groups excluding carboxylic acids is 3. The van der Waals surface area contributed by atoms with E-state index in [4.69, 9.17) is 4.74 Å². The number of ether oxygens (including phenoxy) is 1. The van der Waals surface area contributed by atoms with Crippen molar-refractivity contribution in [2.45, 2.75) is 60.4 Å². The topological polar surface area (TPSA) is 75.7 Å². The first-order chi connectivity index (χ1) is 12.6. The van der Waals surface area contributed by atoms with Crippen LogP contribution in [-0.4, -0.2) is 48.4 Å². The van der Waals surface area contributed by atoms with Gasteiger partial charge in [0.05, 0.1) is 5.56 Å². The van der Waals surface area contributed by atoms with E-state index >= 15 is 0 Å². The number of nitrogens with one attached hydrogen (secondary N) is 1. The van der Waals surface area contributed by atoms with Crippen LogP contribution < -0.4 is 5.32 Å². The van der Waals surface area contributed by atoms with Gasteiger partial charge in [0.1, 0.15) is 0 Å². The van der Waals surface area contributed by atoms with Crippen molar-refractivity contribution >= 4 is 17.8 Å². The maximum absolute atomic E-state index is 12.6. The minimum absolute atomic E-state index is 0.0391. The Morgan fingerprint density at radius 2 is 1.56 bits per heavy atom. The van der Waals surface area contributed by atoms with Gasteiger partial charge in [-0.1, -0.05) is 0 Å². The molecule has 1 saturated heterocycles. The van der Waals surface area contributed by atoms with Crippen LogP contribution in [0.1, 0.15) is 57.9 Å².